The second-order valence-electron chi connectivity index (χ2n) is 3.49. The fraction of sp³-hybridized carbons (Fsp3) is 0.0909. The van der Waals surface area contributed by atoms with Gasteiger partial charge in [0, 0.05) is 16.2 Å². The normalized spacial score (nSPS) is 10.4. The smallest absolute Gasteiger partial charge is 0.105 e. The summed E-state index contributed by atoms with van der Waals surface area (Å²) in [5, 5.41) is 4.23. The zero-order valence-corrected chi connectivity index (χ0v) is 11.0. The van der Waals surface area contributed by atoms with Gasteiger partial charge in [0.05, 0.1) is 11.9 Å². The van der Waals surface area contributed by atoms with Crippen LogP contribution in [0, 0.1) is 6.92 Å². The van der Waals surface area contributed by atoms with Crippen LogP contribution in [0.25, 0.3) is 5.69 Å². The summed E-state index contributed by atoms with van der Waals surface area (Å²) in [6, 6.07) is 5.77. The van der Waals surface area contributed by atoms with Crippen molar-refractivity contribution < 1.29 is 0 Å². The predicted octanol–water partition coefficient (Wildman–Crippen LogP) is 2.58. The van der Waals surface area contributed by atoms with Crippen LogP contribution < -0.4 is 5.73 Å². The number of nitrogens with two attached hydrogens (primary N) is 1. The van der Waals surface area contributed by atoms with E-state index in [1.54, 1.807) is 0 Å². The van der Waals surface area contributed by atoms with Crippen LogP contribution in [0.2, 0.25) is 0 Å². The number of aromatic nitrogens is 2. The molecule has 0 amide bonds. The molecule has 0 aliphatic heterocycles. The maximum atomic E-state index is 5.59. The van der Waals surface area contributed by atoms with E-state index >= 15 is 0 Å². The zero-order valence-electron chi connectivity index (χ0n) is 8.64. The van der Waals surface area contributed by atoms with Gasteiger partial charge in [0.15, 0.2) is 0 Å². The molecule has 0 aliphatic carbocycles. The van der Waals surface area contributed by atoms with Gasteiger partial charge in [-0.05, 0) is 46.6 Å². The molecule has 1 aromatic carbocycles. The first-order valence-electron chi connectivity index (χ1n) is 4.69. The number of rotatable bonds is 2. The number of hydrogen-bond acceptors (Lipinski definition) is 2. The summed E-state index contributed by atoms with van der Waals surface area (Å²) in [7, 11) is 0. The minimum absolute atomic E-state index is 0.384. The fourth-order valence-corrected chi connectivity index (χ4v) is 2.29. The molecule has 2 rings (SSSR count). The highest BCUT2D eigenvalue weighted by Gasteiger charge is 2.05. The highest BCUT2D eigenvalue weighted by Crippen LogP contribution is 2.20. The van der Waals surface area contributed by atoms with E-state index in [4.69, 9.17) is 18.0 Å². The van der Waals surface area contributed by atoms with Gasteiger partial charge in [0.1, 0.15) is 4.99 Å². The minimum Gasteiger partial charge on any atom is -0.389 e. The highest BCUT2D eigenvalue weighted by molar-refractivity contribution is 9.10. The average molecular weight is 296 g/mol. The van der Waals surface area contributed by atoms with Crippen LogP contribution in [0.1, 0.15) is 11.1 Å². The largest absolute Gasteiger partial charge is 0.389 e. The molecule has 0 bridgehead atoms. The molecule has 0 aliphatic rings. The SMILES string of the molecule is Cc1cnn(-c2ccc(C(N)=S)c(Br)c2)c1. The van der Waals surface area contributed by atoms with Crippen molar-refractivity contribution in [2.45, 2.75) is 6.92 Å². The topological polar surface area (TPSA) is 43.8 Å². The molecule has 2 aromatic rings. The Morgan fingerprint density at radius 3 is 2.75 bits per heavy atom. The zero-order chi connectivity index (χ0) is 11.7. The second-order valence-corrected chi connectivity index (χ2v) is 4.78. The summed E-state index contributed by atoms with van der Waals surface area (Å²) in [4.78, 5) is 0.384. The van der Waals surface area contributed by atoms with Crippen molar-refractivity contribution in [1.82, 2.24) is 9.78 Å². The molecule has 0 saturated carbocycles. The van der Waals surface area contributed by atoms with Gasteiger partial charge < -0.3 is 5.73 Å². The number of halogens is 1. The second kappa shape index (κ2) is 4.35. The van der Waals surface area contributed by atoms with Gasteiger partial charge in [0.25, 0.3) is 0 Å². The first kappa shape index (κ1) is 11.3. The van der Waals surface area contributed by atoms with Crippen LogP contribution in [-0.2, 0) is 0 Å². The van der Waals surface area contributed by atoms with E-state index in [0.717, 1.165) is 21.3 Å². The number of hydrogen-bond donors (Lipinski definition) is 1. The van der Waals surface area contributed by atoms with Crippen LogP contribution in [0.4, 0.5) is 0 Å². The van der Waals surface area contributed by atoms with Gasteiger partial charge in [0.2, 0.25) is 0 Å². The third-order valence-corrected chi connectivity index (χ3v) is 3.07. The molecule has 5 heteroatoms. The van der Waals surface area contributed by atoms with E-state index in [1.165, 1.54) is 0 Å². The summed E-state index contributed by atoms with van der Waals surface area (Å²) in [6.07, 6.45) is 3.78. The van der Waals surface area contributed by atoms with Crippen molar-refractivity contribution in [3.63, 3.8) is 0 Å². The molecular weight excluding hydrogens is 286 g/mol. The van der Waals surface area contributed by atoms with Crippen LogP contribution in [0.3, 0.4) is 0 Å². The van der Waals surface area contributed by atoms with E-state index < -0.39 is 0 Å². The first-order valence-corrected chi connectivity index (χ1v) is 5.89. The molecule has 82 valence electrons. The molecule has 0 fully saturated rings. The summed E-state index contributed by atoms with van der Waals surface area (Å²) < 4.78 is 2.69. The highest BCUT2D eigenvalue weighted by atomic mass is 79.9. The molecule has 0 atom stereocenters. The maximum Gasteiger partial charge on any atom is 0.105 e. The number of aryl methyl sites for hydroxylation is 1. The lowest BCUT2D eigenvalue weighted by Crippen LogP contribution is -2.10. The summed E-state index contributed by atoms with van der Waals surface area (Å²) in [5.41, 5.74) is 8.51. The van der Waals surface area contributed by atoms with Gasteiger partial charge in [-0.1, -0.05) is 12.2 Å². The molecule has 3 nitrogen and oxygen atoms in total. The lowest BCUT2D eigenvalue weighted by atomic mass is 10.2. The van der Waals surface area contributed by atoms with Gasteiger partial charge in [-0.3, -0.25) is 0 Å². The molecule has 0 spiro atoms. The monoisotopic (exact) mass is 295 g/mol. The Morgan fingerprint density at radius 1 is 1.50 bits per heavy atom. The van der Waals surface area contributed by atoms with E-state index in [9.17, 15) is 0 Å². The lowest BCUT2D eigenvalue weighted by molar-refractivity contribution is 0.879. The number of benzene rings is 1. The van der Waals surface area contributed by atoms with E-state index in [2.05, 4.69) is 21.0 Å². The van der Waals surface area contributed by atoms with Gasteiger partial charge in [-0.15, -0.1) is 0 Å². The third kappa shape index (κ3) is 2.15. The Labute approximate surface area is 107 Å². The third-order valence-electron chi connectivity index (χ3n) is 2.19. The van der Waals surface area contributed by atoms with Crippen molar-refractivity contribution in [2.24, 2.45) is 5.73 Å². The Kier molecular flexibility index (Phi) is 3.07. The molecule has 16 heavy (non-hydrogen) atoms. The standard InChI is InChI=1S/C11H10BrN3S/c1-7-5-14-15(6-7)8-2-3-9(11(13)16)10(12)4-8/h2-6H,1H3,(H2,13,16). The summed E-state index contributed by atoms with van der Waals surface area (Å²) in [6.45, 7) is 2.00. The molecule has 0 unspecified atom stereocenters. The number of thiocarbonyl (C=S) groups is 1. The van der Waals surface area contributed by atoms with Crippen molar-refractivity contribution in [3.8, 4) is 5.69 Å². The van der Waals surface area contributed by atoms with Crippen molar-refractivity contribution in [2.75, 3.05) is 0 Å². The Balaban J connectivity index is 2.45. The Bertz CT molecular complexity index is 548. The van der Waals surface area contributed by atoms with Crippen LogP contribution in [0.5, 0.6) is 0 Å². The summed E-state index contributed by atoms with van der Waals surface area (Å²) >= 11 is 8.38. The van der Waals surface area contributed by atoms with Crippen molar-refractivity contribution in [1.29, 1.82) is 0 Å². The quantitative estimate of drug-likeness (QED) is 0.866. The van der Waals surface area contributed by atoms with Crippen LogP contribution in [-0.4, -0.2) is 14.8 Å². The van der Waals surface area contributed by atoms with E-state index in [0.29, 0.717) is 4.99 Å². The van der Waals surface area contributed by atoms with Crippen molar-refractivity contribution in [3.05, 3.63) is 46.2 Å². The van der Waals surface area contributed by atoms with Crippen LogP contribution >= 0.6 is 28.1 Å². The Hall–Kier alpha value is -1.20. The van der Waals surface area contributed by atoms with Gasteiger partial charge in [-0.25, -0.2) is 4.68 Å². The summed E-state index contributed by atoms with van der Waals surface area (Å²) in [5.74, 6) is 0. The first-order chi connectivity index (χ1) is 7.58. The van der Waals surface area contributed by atoms with E-state index in [1.807, 2.05) is 42.2 Å². The maximum absolute atomic E-state index is 5.59. The Morgan fingerprint density at radius 2 is 2.25 bits per heavy atom. The average Bonchev–Trinajstić information content (AvgIpc) is 2.64. The minimum atomic E-state index is 0.384. The van der Waals surface area contributed by atoms with Gasteiger partial charge >= 0.3 is 0 Å². The molecule has 0 saturated heterocycles. The molecule has 1 heterocycles. The van der Waals surface area contributed by atoms with Gasteiger partial charge in [-0.2, -0.15) is 5.10 Å². The number of nitrogens with zero attached hydrogens (tertiary/aromatic N) is 2. The molecule has 2 N–H and O–H groups in total. The fourth-order valence-electron chi connectivity index (χ4n) is 1.40. The van der Waals surface area contributed by atoms with E-state index in [-0.39, 0.29) is 0 Å². The lowest BCUT2D eigenvalue weighted by Gasteiger charge is -2.06. The molecular formula is C11H10BrN3S. The molecule has 1 aromatic heterocycles. The molecule has 0 radical (unpaired) electrons. The van der Waals surface area contributed by atoms with Crippen LogP contribution in [0.15, 0.2) is 35.1 Å². The predicted molar refractivity (Wildman–Crippen MR) is 71.9 cm³/mol. The van der Waals surface area contributed by atoms with Crippen molar-refractivity contribution >= 4 is 33.1 Å².